The fourth-order valence-corrected chi connectivity index (χ4v) is 2.71. The van der Waals surface area contributed by atoms with Crippen LogP contribution in [0.4, 0.5) is 4.79 Å². The van der Waals surface area contributed by atoms with E-state index in [1.54, 1.807) is 28.0 Å². The molecule has 1 fully saturated rings. The molecule has 7 nitrogen and oxygen atoms in total. The Bertz CT molecular complexity index is 591. The van der Waals surface area contributed by atoms with E-state index in [0.717, 1.165) is 0 Å². The highest BCUT2D eigenvalue weighted by Crippen LogP contribution is 2.29. The van der Waals surface area contributed by atoms with Crippen LogP contribution in [0.3, 0.4) is 0 Å². The molecule has 2 rings (SSSR count). The lowest BCUT2D eigenvalue weighted by atomic mass is 10.1. The van der Waals surface area contributed by atoms with Gasteiger partial charge in [-0.3, -0.25) is 4.79 Å². The highest BCUT2D eigenvalue weighted by atomic mass is 16.5. The molecule has 0 aliphatic carbocycles. The molecule has 1 aliphatic rings. The van der Waals surface area contributed by atoms with Gasteiger partial charge in [0, 0.05) is 31.7 Å². The molecule has 0 saturated carbocycles. The first-order valence-corrected chi connectivity index (χ1v) is 8.30. The number of amides is 3. The molecule has 1 aliphatic heterocycles. The van der Waals surface area contributed by atoms with E-state index >= 15 is 0 Å². The van der Waals surface area contributed by atoms with E-state index < -0.39 is 6.03 Å². The summed E-state index contributed by atoms with van der Waals surface area (Å²) >= 11 is 0. The molecule has 0 unspecified atom stereocenters. The van der Waals surface area contributed by atoms with Crippen LogP contribution in [0.5, 0.6) is 11.5 Å². The van der Waals surface area contributed by atoms with Crippen LogP contribution in [0, 0.1) is 0 Å². The summed E-state index contributed by atoms with van der Waals surface area (Å²) in [5.74, 6) is 1.12. The fourth-order valence-electron chi connectivity index (χ4n) is 2.71. The Balaban J connectivity index is 2.13. The van der Waals surface area contributed by atoms with Crippen molar-refractivity contribution >= 4 is 11.9 Å². The Hall–Kier alpha value is -2.44. The molecule has 3 amide bonds. The molecular weight excluding hydrogens is 310 g/mol. The Morgan fingerprint density at radius 3 is 2.29 bits per heavy atom. The number of benzene rings is 1. The van der Waals surface area contributed by atoms with Crippen molar-refractivity contribution in [2.75, 3.05) is 39.4 Å². The first-order valence-electron chi connectivity index (χ1n) is 8.30. The van der Waals surface area contributed by atoms with Gasteiger partial charge >= 0.3 is 6.03 Å². The van der Waals surface area contributed by atoms with Crippen molar-refractivity contribution in [1.29, 1.82) is 0 Å². The van der Waals surface area contributed by atoms with Gasteiger partial charge in [0.2, 0.25) is 0 Å². The summed E-state index contributed by atoms with van der Waals surface area (Å²) in [6.45, 7) is 6.91. The van der Waals surface area contributed by atoms with Gasteiger partial charge in [-0.25, -0.2) is 4.79 Å². The zero-order valence-corrected chi connectivity index (χ0v) is 14.3. The lowest BCUT2D eigenvalue weighted by molar-refractivity contribution is 0.0762. The minimum atomic E-state index is -0.441. The molecule has 1 aromatic rings. The average Bonchev–Trinajstić information content (AvgIpc) is 2.82. The standard InChI is InChI=1S/C17H25N3O4/c1-3-23-14-7-6-13(12-15(14)24-4-2)16(21)19-8-5-9-20(11-10-19)17(18)22/h6-7,12H,3-5,8-11H2,1-2H3,(H2,18,22). The molecule has 1 heterocycles. The predicted molar refractivity (Wildman–Crippen MR) is 90.5 cm³/mol. The molecule has 0 spiro atoms. The summed E-state index contributed by atoms with van der Waals surface area (Å²) in [6, 6.07) is 4.78. The van der Waals surface area contributed by atoms with Gasteiger partial charge in [0.25, 0.3) is 5.91 Å². The smallest absolute Gasteiger partial charge is 0.314 e. The zero-order valence-electron chi connectivity index (χ0n) is 14.3. The van der Waals surface area contributed by atoms with Crippen molar-refractivity contribution in [2.45, 2.75) is 20.3 Å². The molecule has 2 N–H and O–H groups in total. The van der Waals surface area contributed by atoms with Crippen LogP contribution >= 0.6 is 0 Å². The maximum absolute atomic E-state index is 12.7. The fraction of sp³-hybridized carbons (Fsp3) is 0.529. The quantitative estimate of drug-likeness (QED) is 0.888. The summed E-state index contributed by atoms with van der Waals surface area (Å²) in [5, 5.41) is 0. The van der Waals surface area contributed by atoms with Gasteiger partial charge in [0.15, 0.2) is 11.5 Å². The van der Waals surface area contributed by atoms with Crippen LogP contribution < -0.4 is 15.2 Å². The third-order valence-electron chi connectivity index (χ3n) is 3.89. The number of nitrogens with two attached hydrogens (primary N) is 1. The third-order valence-corrected chi connectivity index (χ3v) is 3.89. The summed E-state index contributed by atoms with van der Waals surface area (Å²) in [6.07, 6.45) is 0.712. The van der Waals surface area contributed by atoms with Gasteiger partial charge in [-0.05, 0) is 38.5 Å². The van der Waals surface area contributed by atoms with Gasteiger partial charge in [-0.1, -0.05) is 0 Å². The van der Waals surface area contributed by atoms with Crippen molar-refractivity contribution in [3.63, 3.8) is 0 Å². The lowest BCUT2D eigenvalue weighted by Crippen LogP contribution is -2.39. The van der Waals surface area contributed by atoms with Crippen LogP contribution in [0.15, 0.2) is 18.2 Å². The van der Waals surface area contributed by atoms with Gasteiger partial charge in [-0.15, -0.1) is 0 Å². The molecule has 0 atom stereocenters. The summed E-state index contributed by atoms with van der Waals surface area (Å²) in [7, 11) is 0. The highest BCUT2D eigenvalue weighted by molar-refractivity contribution is 5.95. The summed E-state index contributed by atoms with van der Waals surface area (Å²) < 4.78 is 11.1. The Kier molecular flexibility index (Phi) is 6.28. The molecular formula is C17H25N3O4. The van der Waals surface area contributed by atoms with Crippen molar-refractivity contribution in [3.8, 4) is 11.5 Å². The molecule has 0 bridgehead atoms. The summed E-state index contributed by atoms with van der Waals surface area (Å²) in [4.78, 5) is 27.3. The molecule has 1 saturated heterocycles. The second kappa shape index (κ2) is 8.42. The van der Waals surface area contributed by atoms with Gasteiger partial charge in [0.1, 0.15) is 0 Å². The number of ether oxygens (including phenoxy) is 2. The number of carbonyl (C=O) groups is 2. The normalized spacial score (nSPS) is 14.9. The van der Waals surface area contributed by atoms with E-state index in [2.05, 4.69) is 0 Å². The Labute approximate surface area is 142 Å². The van der Waals surface area contributed by atoms with Crippen molar-refractivity contribution < 1.29 is 19.1 Å². The largest absolute Gasteiger partial charge is 0.490 e. The van der Waals surface area contributed by atoms with Crippen LogP contribution in [-0.4, -0.2) is 61.1 Å². The van der Waals surface area contributed by atoms with Crippen molar-refractivity contribution in [3.05, 3.63) is 23.8 Å². The minimum Gasteiger partial charge on any atom is -0.490 e. The van der Waals surface area contributed by atoms with E-state index in [9.17, 15) is 9.59 Å². The van der Waals surface area contributed by atoms with E-state index in [1.807, 2.05) is 13.8 Å². The number of hydrogen-bond donors (Lipinski definition) is 1. The van der Waals surface area contributed by atoms with E-state index in [1.165, 1.54) is 0 Å². The van der Waals surface area contributed by atoms with Gasteiger partial charge < -0.3 is 25.0 Å². The zero-order chi connectivity index (χ0) is 17.5. The minimum absolute atomic E-state index is 0.0784. The number of carbonyl (C=O) groups excluding carboxylic acids is 2. The molecule has 7 heteroatoms. The van der Waals surface area contributed by atoms with E-state index in [-0.39, 0.29) is 5.91 Å². The van der Waals surface area contributed by atoms with E-state index in [4.69, 9.17) is 15.2 Å². The Morgan fingerprint density at radius 2 is 1.62 bits per heavy atom. The van der Waals surface area contributed by atoms with Crippen LogP contribution in [0.1, 0.15) is 30.6 Å². The first-order chi connectivity index (χ1) is 11.6. The number of primary amides is 1. The topological polar surface area (TPSA) is 85.1 Å². The molecule has 24 heavy (non-hydrogen) atoms. The maximum Gasteiger partial charge on any atom is 0.314 e. The van der Waals surface area contributed by atoms with Crippen molar-refractivity contribution in [1.82, 2.24) is 9.80 Å². The van der Waals surface area contributed by atoms with Crippen molar-refractivity contribution in [2.24, 2.45) is 5.73 Å². The average molecular weight is 335 g/mol. The predicted octanol–water partition coefficient (Wildman–Crippen LogP) is 1.71. The second-order valence-corrected chi connectivity index (χ2v) is 5.50. The van der Waals surface area contributed by atoms with Crippen LogP contribution in [-0.2, 0) is 0 Å². The SMILES string of the molecule is CCOc1ccc(C(=O)N2CCCN(C(N)=O)CC2)cc1OCC. The molecule has 132 valence electrons. The second-order valence-electron chi connectivity index (χ2n) is 5.50. The third kappa shape index (κ3) is 4.31. The first kappa shape index (κ1) is 17.9. The molecule has 1 aromatic carbocycles. The number of hydrogen-bond acceptors (Lipinski definition) is 4. The number of urea groups is 1. The summed E-state index contributed by atoms with van der Waals surface area (Å²) in [5.41, 5.74) is 5.87. The number of rotatable bonds is 5. The van der Waals surface area contributed by atoms with Crippen LogP contribution in [0.25, 0.3) is 0 Å². The monoisotopic (exact) mass is 335 g/mol. The van der Waals surface area contributed by atoms with Gasteiger partial charge in [0.05, 0.1) is 13.2 Å². The molecule has 0 radical (unpaired) electrons. The maximum atomic E-state index is 12.7. The van der Waals surface area contributed by atoms with E-state index in [0.29, 0.717) is 62.9 Å². The number of nitrogens with zero attached hydrogens (tertiary/aromatic N) is 2. The highest BCUT2D eigenvalue weighted by Gasteiger charge is 2.22. The van der Waals surface area contributed by atoms with Gasteiger partial charge in [-0.2, -0.15) is 0 Å². The van der Waals surface area contributed by atoms with Crippen LogP contribution in [0.2, 0.25) is 0 Å². The molecule has 0 aromatic heterocycles. The lowest BCUT2D eigenvalue weighted by Gasteiger charge is -2.22. The Morgan fingerprint density at radius 1 is 1.00 bits per heavy atom.